The molecule has 7 nitrogen and oxygen atoms in total. The molecule has 21 heavy (non-hydrogen) atoms. The molecule has 0 heterocycles. The first-order valence-corrected chi connectivity index (χ1v) is 6.59. The Balaban J connectivity index is 2.45. The molecule has 1 amide bonds. The molecule has 0 bridgehead atoms. The molecule has 1 aromatic rings. The van der Waals surface area contributed by atoms with Gasteiger partial charge in [0.1, 0.15) is 5.84 Å². The van der Waals surface area contributed by atoms with E-state index in [-0.39, 0.29) is 12.4 Å². The quantitative estimate of drug-likeness (QED) is 0.421. The van der Waals surface area contributed by atoms with Crippen LogP contribution in [0, 0.1) is 5.41 Å². The second kappa shape index (κ2) is 8.57. The van der Waals surface area contributed by atoms with Crippen LogP contribution in [0.15, 0.2) is 24.3 Å². The molecular weight excluding hydrogens is 274 g/mol. The predicted molar refractivity (Wildman–Crippen MR) is 78.6 cm³/mol. The average molecular weight is 293 g/mol. The van der Waals surface area contributed by atoms with E-state index in [1.165, 1.54) is 0 Å². The normalized spacial score (nSPS) is 9.62. The molecule has 0 aliphatic carbocycles. The summed E-state index contributed by atoms with van der Waals surface area (Å²) in [6.45, 7) is 4.18. The minimum Gasteiger partial charge on any atom is -0.463 e. The topological polar surface area (TPSA) is 101 Å². The van der Waals surface area contributed by atoms with Gasteiger partial charge in [0.15, 0.2) is 6.61 Å². The summed E-state index contributed by atoms with van der Waals surface area (Å²) in [6, 6.07) is 7.01. The summed E-state index contributed by atoms with van der Waals surface area (Å²) in [4.78, 5) is 22.4. The van der Waals surface area contributed by atoms with Crippen molar-refractivity contribution in [3.63, 3.8) is 0 Å². The lowest BCUT2D eigenvalue weighted by atomic mass is 10.2. The molecule has 0 spiro atoms. The van der Waals surface area contributed by atoms with Crippen LogP contribution in [0.4, 0.5) is 10.5 Å². The highest BCUT2D eigenvalue weighted by Crippen LogP contribution is 2.09. The highest BCUT2D eigenvalue weighted by atomic mass is 16.6. The molecule has 0 atom stereocenters. The maximum atomic E-state index is 11.4. The van der Waals surface area contributed by atoms with Gasteiger partial charge in [0.2, 0.25) is 0 Å². The Kier molecular flexibility index (Phi) is 6.73. The number of carbonyl (C=O) groups excluding carboxylic acids is 2. The van der Waals surface area contributed by atoms with Crippen molar-refractivity contribution in [1.29, 1.82) is 5.41 Å². The number of esters is 1. The van der Waals surface area contributed by atoms with Crippen molar-refractivity contribution in [2.45, 2.75) is 13.8 Å². The highest BCUT2D eigenvalue weighted by molar-refractivity contribution is 6.04. The summed E-state index contributed by atoms with van der Waals surface area (Å²) in [5, 5.41) is 13.1. The zero-order valence-electron chi connectivity index (χ0n) is 12.1. The summed E-state index contributed by atoms with van der Waals surface area (Å²) in [5.41, 5.74) is 1.46. The zero-order chi connectivity index (χ0) is 15.7. The molecule has 0 radical (unpaired) electrons. The monoisotopic (exact) mass is 293 g/mol. The van der Waals surface area contributed by atoms with Crippen LogP contribution in [0.3, 0.4) is 0 Å². The minimum atomic E-state index is -0.871. The molecule has 3 N–H and O–H groups in total. The van der Waals surface area contributed by atoms with Gasteiger partial charge < -0.3 is 14.8 Å². The van der Waals surface area contributed by atoms with Crippen molar-refractivity contribution in [2.75, 3.05) is 25.1 Å². The minimum absolute atomic E-state index is 0.105. The molecular formula is C14H19N3O4. The number of hydrogen-bond acceptors (Lipinski definition) is 6. The number of nitrogens with one attached hydrogen (secondary N) is 3. The van der Waals surface area contributed by atoms with Crippen LogP contribution in [-0.4, -0.2) is 37.7 Å². The van der Waals surface area contributed by atoms with Crippen LogP contribution in [0.5, 0.6) is 0 Å². The Labute approximate surface area is 123 Å². The number of amides is 1. The third-order valence-corrected chi connectivity index (χ3v) is 2.41. The molecule has 114 valence electrons. The van der Waals surface area contributed by atoms with Gasteiger partial charge in [-0.15, -0.1) is 0 Å². The molecule has 1 aromatic carbocycles. The van der Waals surface area contributed by atoms with E-state index in [0.29, 0.717) is 5.56 Å². The van der Waals surface area contributed by atoms with Gasteiger partial charge in [-0.25, -0.2) is 9.59 Å². The lowest BCUT2D eigenvalue weighted by molar-refractivity contribution is -0.146. The predicted octanol–water partition coefficient (Wildman–Crippen LogP) is 1.73. The standard InChI is InChI=1S/C14H19N3O4/c1-3-16-11-7-5-10(6-8-11)13(15)17-14(19)21-9-12(18)20-4-2/h5-8,16H,3-4,9H2,1-2H3,(H2,15,17,19). The van der Waals surface area contributed by atoms with E-state index in [1.807, 2.05) is 6.92 Å². The molecule has 0 unspecified atom stereocenters. The van der Waals surface area contributed by atoms with Crippen molar-refractivity contribution >= 4 is 23.6 Å². The summed E-state index contributed by atoms with van der Waals surface area (Å²) >= 11 is 0. The summed E-state index contributed by atoms with van der Waals surface area (Å²) in [6.07, 6.45) is -0.871. The van der Waals surface area contributed by atoms with Crippen LogP contribution < -0.4 is 10.6 Å². The molecule has 0 fully saturated rings. The number of ether oxygens (including phenoxy) is 2. The van der Waals surface area contributed by atoms with Crippen LogP contribution in [0.1, 0.15) is 19.4 Å². The highest BCUT2D eigenvalue weighted by Gasteiger charge is 2.10. The molecule has 7 heteroatoms. The third kappa shape index (κ3) is 5.94. The number of anilines is 1. The van der Waals surface area contributed by atoms with E-state index in [9.17, 15) is 9.59 Å². The van der Waals surface area contributed by atoms with Crippen molar-refractivity contribution in [2.24, 2.45) is 0 Å². The van der Waals surface area contributed by atoms with Crippen LogP contribution in [0.2, 0.25) is 0 Å². The number of benzene rings is 1. The second-order valence-electron chi connectivity index (χ2n) is 3.99. The lowest BCUT2D eigenvalue weighted by Crippen LogP contribution is -2.32. The zero-order valence-corrected chi connectivity index (χ0v) is 12.1. The smallest absolute Gasteiger partial charge is 0.413 e. The van der Waals surface area contributed by atoms with Crippen molar-refractivity contribution in [1.82, 2.24) is 5.32 Å². The van der Waals surface area contributed by atoms with Gasteiger partial charge in [-0.05, 0) is 38.1 Å². The number of alkyl carbamates (subject to hydrolysis) is 1. The Bertz CT molecular complexity index is 499. The fourth-order valence-corrected chi connectivity index (χ4v) is 1.50. The summed E-state index contributed by atoms with van der Waals surface area (Å²) < 4.78 is 9.25. The number of rotatable bonds is 6. The third-order valence-electron chi connectivity index (χ3n) is 2.41. The van der Waals surface area contributed by atoms with Crippen molar-refractivity contribution < 1.29 is 19.1 Å². The molecule has 0 aliphatic rings. The lowest BCUT2D eigenvalue weighted by Gasteiger charge is -2.09. The Hall–Kier alpha value is -2.57. The number of hydrogen-bond donors (Lipinski definition) is 3. The van der Waals surface area contributed by atoms with Crippen LogP contribution in [0.25, 0.3) is 0 Å². The Morgan fingerprint density at radius 2 is 1.81 bits per heavy atom. The van der Waals surface area contributed by atoms with E-state index >= 15 is 0 Å². The van der Waals surface area contributed by atoms with Crippen molar-refractivity contribution in [3.05, 3.63) is 29.8 Å². The van der Waals surface area contributed by atoms with E-state index < -0.39 is 18.7 Å². The fraction of sp³-hybridized carbons (Fsp3) is 0.357. The first-order chi connectivity index (χ1) is 10.1. The SMILES string of the molecule is CCNc1ccc(C(=N)NC(=O)OCC(=O)OCC)cc1. The Morgan fingerprint density at radius 1 is 1.14 bits per heavy atom. The van der Waals surface area contributed by atoms with Gasteiger partial charge in [-0.2, -0.15) is 0 Å². The van der Waals surface area contributed by atoms with Crippen LogP contribution in [-0.2, 0) is 14.3 Å². The van der Waals surface area contributed by atoms with Gasteiger partial charge in [-0.3, -0.25) is 10.7 Å². The summed E-state index contributed by atoms with van der Waals surface area (Å²) in [7, 11) is 0. The molecule has 0 aliphatic heterocycles. The number of carbonyl (C=O) groups is 2. The maximum absolute atomic E-state index is 11.4. The second-order valence-corrected chi connectivity index (χ2v) is 3.99. The van der Waals surface area contributed by atoms with Crippen molar-refractivity contribution in [3.8, 4) is 0 Å². The Morgan fingerprint density at radius 3 is 2.38 bits per heavy atom. The first kappa shape index (κ1) is 16.5. The largest absolute Gasteiger partial charge is 0.463 e. The first-order valence-electron chi connectivity index (χ1n) is 6.59. The van der Waals surface area contributed by atoms with Gasteiger partial charge in [-0.1, -0.05) is 0 Å². The fourth-order valence-electron chi connectivity index (χ4n) is 1.50. The van der Waals surface area contributed by atoms with Gasteiger partial charge in [0, 0.05) is 17.8 Å². The molecule has 0 saturated heterocycles. The molecule has 0 saturated carbocycles. The molecule has 1 rings (SSSR count). The van der Waals surface area contributed by atoms with E-state index in [1.54, 1.807) is 31.2 Å². The number of amidine groups is 1. The van der Waals surface area contributed by atoms with E-state index in [4.69, 9.17) is 5.41 Å². The van der Waals surface area contributed by atoms with Gasteiger partial charge in [0.25, 0.3) is 0 Å². The van der Waals surface area contributed by atoms with Crippen LogP contribution >= 0.6 is 0 Å². The molecule has 0 aromatic heterocycles. The maximum Gasteiger partial charge on any atom is 0.413 e. The van der Waals surface area contributed by atoms with Gasteiger partial charge >= 0.3 is 12.1 Å². The van der Waals surface area contributed by atoms with Gasteiger partial charge in [0.05, 0.1) is 6.61 Å². The average Bonchev–Trinajstić information content (AvgIpc) is 2.46. The summed E-state index contributed by atoms with van der Waals surface area (Å²) in [5.74, 6) is -0.735. The van der Waals surface area contributed by atoms with E-state index in [0.717, 1.165) is 12.2 Å². The van der Waals surface area contributed by atoms with E-state index in [2.05, 4.69) is 20.1 Å².